The van der Waals surface area contributed by atoms with Crippen molar-refractivity contribution < 1.29 is 4.79 Å². The quantitative estimate of drug-likeness (QED) is 0.579. The molecule has 1 heterocycles. The van der Waals surface area contributed by atoms with Crippen LogP contribution in [0.15, 0.2) is 5.38 Å². The fourth-order valence-electron chi connectivity index (χ4n) is 0.387. The minimum atomic E-state index is -0.608. The summed E-state index contributed by atoms with van der Waals surface area (Å²) in [6.45, 7) is 0. The van der Waals surface area contributed by atoms with Crippen molar-refractivity contribution in [2.24, 2.45) is 5.73 Å². The summed E-state index contributed by atoms with van der Waals surface area (Å²) in [4.78, 5) is 10.0. The smallest absolute Gasteiger partial charge is 0.142 e. The highest BCUT2D eigenvalue weighted by atomic mass is 32.1. The highest BCUT2D eigenvalue weighted by Gasteiger charge is 2.04. The Balaban J connectivity index is 2.76. The van der Waals surface area contributed by atoms with Gasteiger partial charge in [-0.05, 0) is 11.5 Å². The van der Waals surface area contributed by atoms with Crippen molar-refractivity contribution in [3.8, 4) is 0 Å². The van der Waals surface area contributed by atoms with Crippen molar-refractivity contribution in [3.63, 3.8) is 0 Å². The van der Waals surface area contributed by atoms with E-state index in [9.17, 15) is 4.79 Å². The molecule has 48 valence electrons. The number of carbonyl (C=O) groups is 1. The van der Waals surface area contributed by atoms with Gasteiger partial charge in [0.2, 0.25) is 0 Å². The van der Waals surface area contributed by atoms with Crippen LogP contribution in [0.3, 0.4) is 0 Å². The zero-order valence-electron chi connectivity index (χ0n) is 4.52. The molecule has 0 aliphatic carbocycles. The summed E-state index contributed by atoms with van der Waals surface area (Å²) < 4.78 is 3.54. The number of carbonyl (C=O) groups excluding carboxylic acids is 1. The monoisotopic (exact) mass is 143 g/mol. The van der Waals surface area contributed by atoms with Crippen LogP contribution in [-0.4, -0.2) is 15.9 Å². The van der Waals surface area contributed by atoms with E-state index in [1.54, 1.807) is 5.38 Å². The maximum absolute atomic E-state index is 10.0. The molecule has 1 aromatic rings. The molecular weight excluding hydrogens is 138 g/mol. The number of nitrogens with two attached hydrogens (primary N) is 1. The SMILES string of the molecule is NC(C=O)c1csnn1. The van der Waals surface area contributed by atoms with Crippen molar-refractivity contribution in [2.75, 3.05) is 0 Å². The number of rotatable bonds is 2. The lowest BCUT2D eigenvalue weighted by atomic mass is 10.3. The van der Waals surface area contributed by atoms with Gasteiger partial charge in [0.1, 0.15) is 12.3 Å². The van der Waals surface area contributed by atoms with Crippen molar-refractivity contribution in [3.05, 3.63) is 11.1 Å². The number of nitrogens with zero attached hydrogens (tertiary/aromatic N) is 2. The highest BCUT2D eigenvalue weighted by molar-refractivity contribution is 7.03. The van der Waals surface area contributed by atoms with Crippen LogP contribution in [0.4, 0.5) is 0 Å². The second kappa shape index (κ2) is 2.65. The van der Waals surface area contributed by atoms with E-state index < -0.39 is 6.04 Å². The Labute approximate surface area is 55.9 Å². The lowest BCUT2D eigenvalue weighted by molar-refractivity contribution is -0.109. The van der Waals surface area contributed by atoms with E-state index in [1.807, 2.05) is 0 Å². The molecule has 0 radical (unpaired) electrons. The fourth-order valence-corrected chi connectivity index (χ4v) is 0.888. The highest BCUT2D eigenvalue weighted by Crippen LogP contribution is 2.03. The van der Waals surface area contributed by atoms with E-state index in [1.165, 1.54) is 11.5 Å². The van der Waals surface area contributed by atoms with Gasteiger partial charge in [-0.2, -0.15) is 0 Å². The first kappa shape index (κ1) is 6.31. The first-order chi connectivity index (χ1) is 4.34. The Morgan fingerprint density at radius 2 is 2.67 bits per heavy atom. The van der Waals surface area contributed by atoms with Crippen molar-refractivity contribution in [1.82, 2.24) is 9.59 Å². The molecule has 0 fully saturated rings. The Hall–Kier alpha value is -0.810. The lowest BCUT2D eigenvalue weighted by Gasteiger charge is -1.92. The van der Waals surface area contributed by atoms with Crippen LogP contribution in [0.25, 0.3) is 0 Å². The third kappa shape index (κ3) is 1.30. The molecule has 0 bridgehead atoms. The van der Waals surface area contributed by atoms with Crippen molar-refractivity contribution in [1.29, 1.82) is 0 Å². The molecule has 0 spiro atoms. The van der Waals surface area contributed by atoms with Crippen LogP contribution < -0.4 is 5.73 Å². The third-order valence-corrected chi connectivity index (χ3v) is 1.39. The Morgan fingerprint density at radius 1 is 1.89 bits per heavy atom. The van der Waals surface area contributed by atoms with Gasteiger partial charge in [-0.3, -0.25) is 0 Å². The summed E-state index contributed by atoms with van der Waals surface area (Å²) in [5.74, 6) is 0. The normalized spacial score (nSPS) is 13.0. The largest absolute Gasteiger partial charge is 0.317 e. The summed E-state index contributed by atoms with van der Waals surface area (Å²) in [7, 11) is 0. The Morgan fingerprint density at radius 3 is 3.11 bits per heavy atom. The summed E-state index contributed by atoms with van der Waals surface area (Å²) in [5.41, 5.74) is 5.81. The first-order valence-electron chi connectivity index (χ1n) is 2.32. The van der Waals surface area contributed by atoms with Gasteiger partial charge in [0.05, 0.1) is 5.69 Å². The average molecular weight is 143 g/mol. The molecule has 4 nitrogen and oxygen atoms in total. The standard InChI is InChI=1S/C4H5N3OS/c5-3(1-8)4-2-9-7-6-4/h1-3H,5H2. The van der Waals surface area contributed by atoms with Gasteiger partial charge in [-0.25, -0.2) is 0 Å². The van der Waals surface area contributed by atoms with E-state index in [-0.39, 0.29) is 0 Å². The van der Waals surface area contributed by atoms with Gasteiger partial charge in [0, 0.05) is 5.38 Å². The third-order valence-electron chi connectivity index (χ3n) is 0.865. The van der Waals surface area contributed by atoms with E-state index in [0.29, 0.717) is 12.0 Å². The molecule has 0 saturated carbocycles. The zero-order valence-corrected chi connectivity index (χ0v) is 5.34. The molecule has 0 saturated heterocycles. The van der Waals surface area contributed by atoms with Crippen LogP contribution in [0.1, 0.15) is 11.7 Å². The summed E-state index contributed by atoms with van der Waals surface area (Å²) in [6.07, 6.45) is 0.636. The molecule has 0 aliphatic rings. The number of aromatic nitrogens is 2. The van der Waals surface area contributed by atoms with Gasteiger partial charge < -0.3 is 10.5 Å². The van der Waals surface area contributed by atoms with Crippen LogP contribution in [-0.2, 0) is 4.79 Å². The van der Waals surface area contributed by atoms with Gasteiger partial charge in [0.25, 0.3) is 0 Å². The molecule has 5 heteroatoms. The molecule has 0 aromatic carbocycles. The van der Waals surface area contributed by atoms with Gasteiger partial charge in [0.15, 0.2) is 0 Å². The van der Waals surface area contributed by atoms with E-state index in [4.69, 9.17) is 5.73 Å². The number of hydrogen-bond donors (Lipinski definition) is 1. The van der Waals surface area contributed by atoms with Gasteiger partial charge in [-0.1, -0.05) is 4.49 Å². The van der Waals surface area contributed by atoms with Gasteiger partial charge in [-0.15, -0.1) is 5.10 Å². The fraction of sp³-hybridized carbons (Fsp3) is 0.250. The van der Waals surface area contributed by atoms with Crippen molar-refractivity contribution in [2.45, 2.75) is 6.04 Å². The van der Waals surface area contributed by atoms with Crippen LogP contribution in [0.2, 0.25) is 0 Å². The van der Waals surface area contributed by atoms with E-state index >= 15 is 0 Å². The molecular formula is C4H5N3OS. The number of aldehydes is 1. The molecule has 1 atom stereocenters. The number of hydrogen-bond acceptors (Lipinski definition) is 5. The molecule has 0 aliphatic heterocycles. The average Bonchev–Trinajstić information content (AvgIpc) is 2.37. The maximum atomic E-state index is 10.0. The molecule has 1 aromatic heterocycles. The predicted molar refractivity (Wildman–Crippen MR) is 32.9 cm³/mol. The van der Waals surface area contributed by atoms with Crippen LogP contribution in [0, 0.1) is 0 Å². The second-order valence-electron chi connectivity index (χ2n) is 1.49. The van der Waals surface area contributed by atoms with E-state index in [0.717, 1.165) is 0 Å². The molecule has 0 amide bonds. The van der Waals surface area contributed by atoms with Gasteiger partial charge >= 0.3 is 0 Å². The molecule has 2 N–H and O–H groups in total. The maximum Gasteiger partial charge on any atom is 0.142 e. The van der Waals surface area contributed by atoms with E-state index in [2.05, 4.69) is 9.59 Å². The Bertz CT molecular complexity index is 186. The van der Waals surface area contributed by atoms with Crippen molar-refractivity contribution >= 4 is 17.8 Å². The topological polar surface area (TPSA) is 68.9 Å². The van der Waals surface area contributed by atoms with Crippen LogP contribution >= 0.6 is 11.5 Å². The zero-order chi connectivity index (χ0) is 6.69. The summed E-state index contributed by atoms with van der Waals surface area (Å²) in [6, 6.07) is -0.608. The predicted octanol–water partition coefficient (Wildman–Crippen LogP) is -0.263. The molecule has 9 heavy (non-hydrogen) atoms. The lowest BCUT2D eigenvalue weighted by Crippen LogP contribution is -2.11. The minimum Gasteiger partial charge on any atom is -0.317 e. The summed E-state index contributed by atoms with van der Waals surface area (Å²) >= 11 is 1.18. The Kier molecular flexibility index (Phi) is 1.86. The first-order valence-corrected chi connectivity index (χ1v) is 3.16. The summed E-state index contributed by atoms with van der Waals surface area (Å²) in [5, 5.41) is 5.25. The molecule has 1 rings (SSSR count). The molecule has 1 unspecified atom stereocenters. The minimum absolute atomic E-state index is 0.537. The second-order valence-corrected chi connectivity index (χ2v) is 2.10. The van der Waals surface area contributed by atoms with Crippen LogP contribution in [0.5, 0.6) is 0 Å².